The number of likely N-dealkylation sites (tertiary alicyclic amines) is 1. The fourth-order valence-electron chi connectivity index (χ4n) is 2.24. The molecule has 0 radical (unpaired) electrons. The Balaban J connectivity index is 0.00000128. The Hall–Kier alpha value is -0.320. The lowest BCUT2D eigenvalue weighted by molar-refractivity contribution is 0.107. The van der Waals surface area contributed by atoms with Gasteiger partial charge in [0, 0.05) is 23.7 Å². The molecular weight excluding hydrogens is 242 g/mol. The summed E-state index contributed by atoms with van der Waals surface area (Å²) in [6.45, 7) is 6.90. The third-order valence-electron chi connectivity index (χ3n) is 3.43. The number of piperidine rings is 1. The minimum atomic E-state index is 0. The van der Waals surface area contributed by atoms with E-state index in [4.69, 9.17) is 5.73 Å². The summed E-state index contributed by atoms with van der Waals surface area (Å²) in [5.41, 5.74) is 5.63. The summed E-state index contributed by atoms with van der Waals surface area (Å²) in [5, 5.41) is 0.683. The van der Waals surface area contributed by atoms with Crippen molar-refractivity contribution in [3.05, 3.63) is 11.1 Å². The molecule has 2 heterocycles. The van der Waals surface area contributed by atoms with Gasteiger partial charge in [0.25, 0.3) is 0 Å². The van der Waals surface area contributed by atoms with E-state index in [0.717, 1.165) is 12.5 Å². The number of halogens is 1. The minimum Gasteiger partial charge on any atom is -0.375 e. The summed E-state index contributed by atoms with van der Waals surface area (Å²) < 4.78 is 0. The van der Waals surface area contributed by atoms with Crippen LogP contribution in [0.1, 0.15) is 31.6 Å². The smallest absolute Gasteiger partial charge is 0.180 e. The lowest BCUT2D eigenvalue weighted by atomic mass is 9.92. The van der Waals surface area contributed by atoms with Crippen LogP contribution < -0.4 is 5.73 Å². The van der Waals surface area contributed by atoms with E-state index in [0.29, 0.717) is 11.2 Å². The van der Waals surface area contributed by atoms with Crippen molar-refractivity contribution in [3.63, 3.8) is 0 Å². The topological polar surface area (TPSA) is 42.2 Å². The largest absolute Gasteiger partial charge is 0.375 e. The predicted octanol–water partition coefficient (Wildman–Crippen LogP) is 2.77. The minimum absolute atomic E-state index is 0. The maximum atomic E-state index is 5.63. The van der Waals surface area contributed by atoms with Crippen LogP contribution in [0.2, 0.25) is 0 Å². The fourth-order valence-corrected chi connectivity index (χ4v) is 2.95. The molecule has 0 aromatic carbocycles. The van der Waals surface area contributed by atoms with Gasteiger partial charge >= 0.3 is 0 Å². The first-order chi connectivity index (χ1) is 7.16. The van der Waals surface area contributed by atoms with E-state index >= 15 is 0 Å². The van der Waals surface area contributed by atoms with Gasteiger partial charge in [0.15, 0.2) is 5.13 Å². The Morgan fingerprint density at radius 3 is 2.94 bits per heavy atom. The molecule has 0 spiro atoms. The van der Waals surface area contributed by atoms with Crippen molar-refractivity contribution in [2.24, 2.45) is 5.92 Å². The molecule has 5 heteroatoms. The standard InChI is InChI=1S/C11H19N3S.ClH/c1-8-4-3-5-14(9(8)2)7-10-6-13-11(12)15-10;/h6,8-9H,3-5,7H2,1-2H3,(H2,12,13);1H. The molecule has 1 saturated heterocycles. The first-order valence-corrected chi connectivity index (χ1v) is 6.42. The van der Waals surface area contributed by atoms with E-state index < -0.39 is 0 Å². The summed E-state index contributed by atoms with van der Waals surface area (Å²) in [6, 6.07) is 0.682. The van der Waals surface area contributed by atoms with Crippen molar-refractivity contribution >= 4 is 28.9 Å². The second kappa shape index (κ2) is 5.84. The highest BCUT2D eigenvalue weighted by Crippen LogP contribution is 2.26. The SMILES string of the molecule is CC1CCCN(Cc2cnc(N)s2)C1C.Cl. The van der Waals surface area contributed by atoms with E-state index in [1.54, 1.807) is 11.3 Å². The number of hydrogen-bond acceptors (Lipinski definition) is 4. The zero-order chi connectivity index (χ0) is 10.8. The third kappa shape index (κ3) is 3.09. The van der Waals surface area contributed by atoms with Crippen molar-refractivity contribution < 1.29 is 0 Å². The quantitative estimate of drug-likeness (QED) is 0.890. The van der Waals surface area contributed by atoms with Gasteiger partial charge in [0.1, 0.15) is 0 Å². The average molecular weight is 262 g/mol. The molecule has 1 aromatic rings. The Morgan fingerprint density at radius 1 is 1.56 bits per heavy atom. The van der Waals surface area contributed by atoms with Crippen LogP contribution in [0, 0.1) is 5.92 Å². The van der Waals surface area contributed by atoms with Crippen LogP contribution in [0.3, 0.4) is 0 Å². The van der Waals surface area contributed by atoms with Crippen LogP contribution in [0.25, 0.3) is 0 Å². The second-order valence-corrected chi connectivity index (χ2v) is 5.64. The summed E-state index contributed by atoms with van der Waals surface area (Å²) in [6.07, 6.45) is 4.59. The maximum Gasteiger partial charge on any atom is 0.180 e. The third-order valence-corrected chi connectivity index (χ3v) is 4.25. The van der Waals surface area contributed by atoms with Gasteiger partial charge in [-0.1, -0.05) is 6.92 Å². The highest BCUT2D eigenvalue weighted by Gasteiger charge is 2.24. The van der Waals surface area contributed by atoms with Gasteiger partial charge < -0.3 is 5.73 Å². The number of anilines is 1. The molecule has 92 valence electrons. The van der Waals surface area contributed by atoms with E-state index in [1.165, 1.54) is 24.3 Å². The molecule has 1 fully saturated rings. The number of nitrogen functional groups attached to an aromatic ring is 1. The van der Waals surface area contributed by atoms with E-state index in [9.17, 15) is 0 Å². The van der Waals surface area contributed by atoms with E-state index in [2.05, 4.69) is 23.7 Å². The van der Waals surface area contributed by atoms with Gasteiger partial charge in [-0.15, -0.1) is 23.7 Å². The van der Waals surface area contributed by atoms with Gasteiger partial charge in [0.2, 0.25) is 0 Å². The number of thiazole rings is 1. The summed E-state index contributed by atoms with van der Waals surface area (Å²) >= 11 is 1.61. The highest BCUT2D eigenvalue weighted by atomic mass is 35.5. The first kappa shape index (κ1) is 13.7. The van der Waals surface area contributed by atoms with Gasteiger partial charge in [-0.05, 0) is 32.2 Å². The zero-order valence-electron chi connectivity index (χ0n) is 9.85. The Labute approximate surface area is 107 Å². The molecular formula is C11H20ClN3S. The van der Waals surface area contributed by atoms with Gasteiger partial charge in [-0.2, -0.15) is 0 Å². The molecule has 0 aliphatic carbocycles. The zero-order valence-corrected chi connectivity index (χ0v) is 11.5. The molecule has 2 N–H and O–H groups in total. The van der Waals surface area contributed by atoms with Crippen LogP contribution in [0.5, 0.6) is 0 Å². The van der Waals surface area contributed by atoms with Crippen molar-refractivity contribution in [1.29, 1.82) is 0 Å². The second-order valence-electron chi connectivity index (χ2n) is 4.50. The Morgan fingerprint density at radius 2 is 2.31 bits per heavy atom. The highest BCUT2D eigenvalue weighted by molar-refractivity contribution is 7.15. The number of hydrogen-bond donors (Lipinski definition) is 1. The lowest BCUT2D eigenvalue weighted by Crippen LogP contribution is -2.41. The normalized spacial score (nSPS) is 26.4. The molecule has 2 unspecified atom stereocenters. The molecule has 2 rings (SSSR count). The molecule has 1 aromatic heterocycles. The first-order valence-electron chi connectivity index (χ1n) is 5.61. The molecule has 3 nitrogen and oxygen atoms in total. The van der Waals surface area contributed by atoms with Crippen LogP contribution >= 0.6 is 23.7 Å². The van der Waals surface area contributed by atoms with Crippen LogP contribution in [0.4, 0.5) is 5.13 Å². The summed E-state index contributed by atoms with van der Waals surface area (Å²) in [4.78, 5) is 7.92. The van der Waals surface area contributed by atoms with E-state index in [1.807, 2.05) is 6.20 Å². The molecule has 2 atom stereocenters. The van der Waals surface area contributed by atoms with Gasteiger partial charge in [0.05, 0.1) is 0 Å². The van der Waals surface area contributed by atoms with Crippen LogP contribution in [-0.2, 0) is 6.54 Å². The van der Waals surface area contributed by atoms with E-state index in [-0.39, 0.29) is 12.4 Å². The van der Waals surface area contributed by atoms with Gasteiger partial charge in [-0.25, -0.2) is 4.98 Å². The van der Waals surface area contributed by atoms with Crippen molar-refractivity contribution in [1.82, 2.24) is 9.88 Å². The molecule has 0 saturated carbocycles. The number of nitrogens with two attached hydrogens (primary N) is 1. The van der Waals surface area contributed by atoms with Crippen molar-refractivity contribution in [3.8, 4) is 0 Å². The van der Waals surface area contributed by atoms with Crippen molar-refractivity contribution in [2.45, 2.75) is 39.3 Å². The molecule has 1 aliphatic rings. The lowest BCUT2D eigenvalue weighted by Gasteiger charge is -2.37. The van der Waals surface area contributed by atoms with Crippen LogP contribution in [0.15, 0.2) is 6.20 Å². The average Bonchev–Trinajstić information content (AvgIpc) is 2.59. The monoisotopic (exact) mass is 261 g/mol. The summed E-state index contributed by atoms with van der Waals surface area (Å²) in [7, 11) is 0. The molecule has 0 bridgehead atoms. The summed E-state index contributed by atoms with van der Waals surface area (Å²) in [5.74, 6) is 0.809. The van der Waals surface area contributed by atoms with Crippen LogP contribution in [-0.4, -0.2) is 22.5 Å². The fraction of sp³-hybridized carbons (Fsp3) is 0.727. The Kier molecular flexibility index (Phi) is 5.02. The number of nitrogens with zero attached hydrogens (tertiary/aromatic N) is 2. The number of rotatable bonds is 2. The molecule has 16 heavy (non-hydrogen) atoms. The van der Waals surface area contributed by atoms with Gasteiger partial charge in [-0.3, -0.25) is 4.90 Å². The maximum absolute atomic E-state index is 5.63. The Bertz CT molecular complexity index is 329. The predicted molar refractivity (Wildman–Crippen MR) is 72.0 cm³/mol. The van der Waals surface area contributed by atoms with Crippen molar-refractivity contribution in [2.75, 3.05) is 12.3 Å². The molecule has 1 aliphatic heterocycles. The number of aromatic nitrogens is 1. The molecule has 0 amide bonds.